The molecule has 19 heavy (non-hydrogen) atoms. The summed E-state index contributed by atoms with van der Waals surface area (Å²) in [7, 11) is 0. The second kappa shape index (κ2) is 5.21. The van der Waals surface area contributed by atoms with Crippen LogP contribution in [0.3, 0.4) is 0 Å². The van der Waals surface area contributed by atoms with Crippen molar-refractivity contribution < 1.29 is 4.79 Å². The molecule has 1 fully saturated rings. The minimum Gasteiger partial charge on any atom is -0.368 e. The summed E-state index contributed by atoms with van der Waals surface area (Å²) in [4.78, 5) is 15.7. The van der Waals surface area contributed by atoms with Crippen LogP contribution in [0.15, 0.2) is 18.2 Å². The van der Waals surface area contributed by atoms with Crippen LogP contribution in [0.4, 0.5) is 5.69 Å². The Balaban J connectivity index is 1.78. The van der Waals surface area contributed by atoms with Gasteiger partial charge in [-0.05, 0) is 30.2 Å². The van der Waals surface area contributed by atoms with E-state index in [-0.39, 0.29) is 5.91 Å². The van der Waals surface area contributed by atoms with E-state index in [4.69, 9.17) is 0 Å². The lowest BCUT2D eigenvalue weighted by Crippen LogP contribution is -2.48. The van der Waals surface area contributed by atoms with Crippen molar-refractivity contribution in [2.75, 3.05) is 37.6 Å². The Morgan fingerprint density at radius 1 is 1.21 bits per heavy atom. The summed E-state index contributed by atoms with van der Waals surface area (Å²) in [5.41, 5.74) is 4.28. The lowest BCUT2D eigenvalue weighted by molar-refractivity contribution is -0.129. The van der Waals surface area contributed by atoms with Crippen molar-refractivity contribution in [3.8, 4) is 0 Å². The van der Waals surface area contributed by atoms with Crippen molar-refractivity contribution in [2.24, 2.45) is 0 Å². The Bertz CT molecular complexity index is 478. The van der Waals surface area contributed by atoms with E-state index in [1.807, 2.05) is 4.90 Å². The first-order chi connectivity index (χ1) is 9.25. The molecule has 1 saturated heterocycles. The molecule has 2 heterocycles. The monoisotopic (exact) mass is 259 g/mol. The number of hydrogen-bond donors (Lipinski definition) is 1. The highest BCUT2D eigenvalue weighted by Crippen LogP contribution is 2.27. The van der Waals surface area contributed by atoms with Gasteiger partial charge in [-0.15, -0.1) is 0 Å². The summed E-state index contributed by atoms with van der Waals surface area (Å²) in [6.07, 6.45) is 1.12. The molecule has 1 aromatic rings. The third kappa shape index (κ3) is 2.45. The lowest BCUT2D eigenvalue weighted by Gasteiger charge is -2.37. The number of anilines is 1. The summed E-state index contributed by atoms with van der Waals surface area (Å²) in [6, 6.07) is 6.62. The molecule has 0 bridgehead atoms. The van der Waals surface area contributed by atoms with Gasteiger partial charge in [0.1, 0.15) is 0 Å². The molecule has 0 saturated carbocycles. The van der Waals surface area contributed by atoms with Gasteiger partial charge in [-0.2, -0.15) is 0 Å². The van der Waals surface area contributed by atoms with Crippen LogP contribution in [0.5, 0.6) is 0 Å². The zero-order chi connectivity index (χ0) is 13.2. The van der Waals surface area contributed by atoms with Crippen molar-refractivity contribution in [3.05, 3.63) is 29.3 Å². The number of hydrogen-bond acceptors (Lipinski definition) is 3. The minimum absolute atomic E-state index is 0.191. The van der Waals surface area contributed by atoms with E-state index < -0.39 is 0 Å². The van der Waals surface area contributed by atoms with Crippen LogP contribution in [-0.2, 0) is 17.8 Å². The van der Waals surface area contributed by atoms with Gasteiger partial charge < -0.3 is 15.1 Å². The summed E-state index contributed by atoms with van der Waals surface area (Å²) in [5.74, 6) is 0.191. The van der Waals surface area contributed by atoms with E-state index in [2.05, 4.69) is 28.4 Å². The first-order valence-electron chi connectivity index (χ1n) is 7.07. The summed E-state index contributed by atoms with van der Waals surface area (Å²) < 4.78 is 0. The Morgan fingerprint density at radius 2 is 2.00 bits per heavy atom. The molecule has 0 aliphatic carbocycles. The number of nitrogens with one attached hydrogen (secondary N) is 1. The normalized spacial score (nSPS) is 19.2. The highest BCUT2D eigenvalue weighted by molar-refractivity contribution is 5.73. The molecule has 0 unspecified atom stereocenters. The van der Waals surface area contributed by atoms with Crippen LogP contribution in [0.25, 0.3) is 0 Å². The SMILES string of the molecule is CC(=O)N1CCN(c2cccc3c2CNCC3)CC1. The molecule has 0 aromatic heterocycles. The number of nitrogens with zero attached hydrogens (tertiary/aromatic N) is 2. The molecule has 2 aliphatic rings. The Labute approximate surface area is 114 Å². The van der Waals surface area contributed by atoms with Crippen molar-refractivity contribution in [3.63, 3.8) is 0 Å². The highest BCUT2D eigenvalue weighted by Gasteiger charge is 2.22. The number of benzene rings is 1. The molecule has 3 rings (SSSR count). The first kappa shape index (κ1) is 12.5. The van der Waals surface area contributed by atoms with Crippen molar-refractivity contribution in [2.45, 2.75) is 19.9 Å². The molecule has 102 valence electrons. The van der Waals surface area contributed by atoms with Gasteiger partial charge in [-0.25, -0.2) is 0 Å². The van der Waals surface area contributed by atoms with Gasteiger partial charge in [0, 0.05) is 45.3 Å². The maximum absolute atomic E-state index is 11.4. The Hall–Kier alpha value is -1.55. The topological polar surface area (TPSA) is 35.6 Å². The molecule has 0 spiro atoms. The predicted octanol–water partition coefficient (Wildman–Crippen LogP) is 1.00. The fourth-order valence-corrected chi connectivity index (χ4v) is 3.05. The third-order valence-corrected chi connectivity index (χ3v) is 4.19. The average molecular weight is 259 g/mol. The van der Waals surface area contributed by atoms with Crippen LogP contribution >= 0.6 is 0 Å². The van der Waals surface area contributed by atoms with Gasteiger partial charge in [0.15, 0.2) is 0 Å². The second-order valence-electron chi connectivity index (χ2n) is 5.33. The number of piperazine rings is 1. The maximum atomic E-state index is 11.4. The van der Waals surface area contributed by atoms with Crippen LogP contribution < -0.4 is 10.2 Å². The standard InChI is InChI=1S/C15H21N3O/c1-12(19)17-7-9-18(10-8-17)15-4-2-3-13-5-6-16-11-14(13)15/h2-4,16H,5-11H2,1H3. The van der Waals surface area contributed by atoms with Gasteiger partial charge in [-0.3, -0.25) is 4.79 Å². The molecule has 0 atom stereocenters. The molecule has 1 aromatic carbocycles. The first-order valence-corrected chi connectivity index (χ1v) is 7.07. The van der Waals surface area contributed by atoms with Crippen LogP contribution in [0.1, 0.15) is 18.1 Å². The van der Waals surface area contributed by atoms with Gasteiger partial charge in [0.2, 0.25) is 5.91 Å². The average Bonchev–Trinajstić information content (AvgIpc) is 2.47. The van der Waals surface area contributed by atoms with E-state index in [0.29, 0.717) is 0 Å². The fourth-order valence-electron chi connectivity index (χ4n) is 3.05. The smallest absolute Gasteiger partial charge is 0.219 e. The molecule has 1 N–H and O–H groups in total. The van der Waals surface area contributed by atoms with E-state index in [9.17, 15) is 4.79 Å². The van der Waals surface area contributed by atoms with Crippen LogP contribution in [0.2, 0.25) is 0 Å². The number of rotatable bonds is 1. The number of carbonyl (C=O) groups excluding carboxylic acids is 1. The third-order valence-electron chi connectivity index (χ3n) is 4.19. The molecule has 1 amide bonds. The number of carbonyl (C=O) groups is 1. The molecule has 2 aliphatic heterocycles. The van der Waals surface area contributed by atoms with E-state index >= 15 is 0 Å². The number of fused-ring (bicyclic) bond motifs is 1. The molecule has 4 heteroatoms. The van der Waals surface area contributed by atoms with E-state index in [1.165, 1.54) is 16.8 Å². The zero-order valence-corrected chi connectivity index (χ0v) is 11.5. The minimum atomic E-state index is 0.191. The summed E-state index contributed by atoms with van der Waals surface area (Å²) in [5, 5.41) is 3.46. The lowest BCUT2D eigenvalue weighted by atomic mass is 9.98. The molecular formula is C15H21N3O. The van der Waals surface area contributed by atoms with Gasteiger partial charge >= 0.3 is 0 Å². The van der Waals surface area contributed by atoms with Crippen molar-refractivity contribution >= 4 is 11.6 Å². The van der Waals surface area contributed by atoms with E-state index in [0.717, 1.165) is 45.7 Å². The summed E-state index contributed by atoms with van der Waals surface area (Å²) in [6.45, 7) is 7.27. The second-order valence-corrected chi connectivity index (χ2v) is 5.33. The Kier molecular flexibility index (Phi) is 3.42. The van der Waals surface area contributed by atoms with Gasteiger partial charge in [0.05, 0.1) is 0 Å². The summed E-state index contributed by atoms with van der Waals surface area (Å²) >= 11 is 0. The maximum Gasteiger partial charge on any atom is 0.219 e. The quantitative estimate of drug-likeness (QED) is 0.817. The molecule has 0 radical (unpaired) electrons. The van der Waals surface area contributed by atoms with Crippen LogP contribution in [0, 0.1) is 0 Å². The highest BCUT2D eigenvalue weighted by atomic mass is 16.2. The van der Waals surface area contributed by atoms with Gasteiger partial charge in [0.25, 0.3) is 0 Å². The predicted molar refractivity (Wildman–Crippen MR) is 76.3 cm³/mol. The zero-order valence-electron chi connectivity index (χ0n) is 11.5. The largest absolute Gasteiger partial charge is 0.368 e. The molecular weight excluding hydrogens is 238 g/mol. The number of amides is 1. The van der Waals surface area contributed by atoms with Gasteiger partial charge in [-0.1, -0.05) is 12.1 Å². The molecule has 4 nitrogen and oxygen atoms in total. The van der Waals surface area contributed by atoms with Crippen molar-refractivity contribution in [1.82, 2.24) is 10.2 Å². The fraction of sp³-hybridized carbons (Fsp3) is 0.533. The van der Waals surface area contributed by atoms with Crippen LogP contribution in [-0.4, -0.2) is 43.5 Å². The Morgan fingerprint density at radius 3 is 2.74 bits per heavy atom. The van der Waals surface area contributed by atoms with Crippen molar-refractivity contribution in [1.29, 1.82) is 0 Å². The van der Waals surface area contributed by atoms with E-state index in [1.54, 1.807) is 6.92 Å².